The molecule has 104 valence electrons. The summed E-state index contributed by atoms with van der Waals surface area (Å²) in [5.74, 6) is 0. The maximum Gasteiger partial charge on any atom is 0.252 e. The van der Waals surface area contributed by atoms with E-state index in [-0.39, 0.29) is 0 Å². The van der Waals surface area contributed by atoms with Crippen LogP contribution in [0.4, 0.5) is 0 Å². The second kappa shape index (κ2) is 7.38. The van der Waals surface area contributed by atoms with E-state index in [2.05, 4.69) is 38.8 Å². The Kier molecular flexibility index (Phi) is 6.81. The normalized spacial score (nSPS) is 12.3. The lowest BCUT2D eigenvalue weighted by Crippen LogP contribution is -2.33. The zero-order chi connectivity index (χ0) is 13.8. The van der Waals surface area contributed by atoms with Crippen molar-refractivity contribution in [3.63, 3.8) is 0 Å². The summed E-state index contributed by atoms with van der Waals surface area (Å²) in [5, 5.41) is 0.654. The van der Waals surface area contributed by atoms with E-state index in [1.165, 1.54) is 11.3 Å². The minimum Gasteiger partial charge on any atom is -0.206 e. The lowest BCUT2D eigenvalue weighted by atomic mass is 10.3. The van der Waals surface area contributed by atoms with Gasteiger partial charge in [-0.15, -0.1) is 11.3 Å². The van der Waals surface area contributed by atoms with Crippen LogP contribution in [0.2, 0.25) is 0 Å². The van der Waals surface area contributed by atoms with Crippen LogP contribution in [0.1, 0.15) is 25.3 Å². The van der Waals surface area contributed by atoms with Crippen molar-refractivity contribution in [2.45, 2.75) is 30.9 Å². The first-order chi connectivity index (χ1) is 8.43. The summed E-state index contributed by atoms with van der Waals surface area (Å²) in [6, 6.07) is 1.73. The Hall–Kier alpha value is 0.570. The van der Waals surface area contributed by atoms with Crippen molar-refractivity contribution in [2.24, 2.45) is 0 Å². The quantitative estimate of drug-likeness (QED) is 0.627. The van der Waals surface area contributed by atoms with Gasteiger partial charge in [-0.3, -0.25) is 0 Å². The molecule has 0 fully saturated rings. The zero-order valence-corrected chi connectivity index (χ0v) is 15.3. The van der Waals surface area contributed by atoms with E-state index < -0.39 is 10.0 Å². The fourth-order valence-electron chi connectivity index (χ4n) is 1.47. The molecule has 0 atom stereocenters. The Morgan fingerprint density at radius 3 is 2.50 bits per heavy atom. The molecule has 0 aliphatic carbocycles. The van der Waals surface area contributed by atoms with Crippen LogP contribution in [-0.4, -0.2) is 31.1 Å². The van der Waals surface area contributed by atoms with Gasteiger partial charge in [0.2, 0.25) is 0 Å². The maximum absolute atomic E-state index is 12.5. The van der Waals surface area contributed by atoms with Crippen molar-refractivity contribution in [2.75, 3.05) is 18.4 Å². The molecule has 0 amide bonds. The van der Waals surface area contributed by atoms with Gasteiger partial charge in [-0.1, -0.05) is 29.3 Å². The highest BCUT2D eigenvalue weighted by Gasteiger charge is 2.25. The van der Waals surface area contributed by atoms with Crippen molar-refractivity contribution < 1.29 is 8.42 Å². The maximum atomic E-state index is 12.5. The summed E-state index contributed by atoms with van der Waals surface area (Å²) < 4.78 is 27.8. The van der Waals surface area contributed by atoms with Gasteiger partial charge in [-0.2, -0.15) is 4.31 Å². The van der Waals surface area contributed by atoms with Gasteiger partial charge in [0.05, 0.1) is 3.79 Å². The molecule has 1 heterocycles. The molecule has 3 nitrogen and oxygen atoms in total. The minimum absolute atomic E-state index is 0.420. The summed E-state index contributed by atoms with van der Waals surface area (Å²) in [7, 11) is -3.35. The molecule has 18 heavy (non-hydrogen) atoms. The van der Waals surface area contributed by atoms with Crippen molar-refractivity contribution >= 4 is 53.2 Å². The van der Waals surface area contributed by atoms with Gasteiger partial charge in [0, 0.05) is 18.4 Å². The number of hydrogen-bond donors (Lipinski definition) is 0. The SMILES string of the molecule is CCCCN(CCBr)S(=O)(=O)c1cc(C)c(Br)s1. The second-order valence-electron chi connectivity index (χ2n) is 3.97. The predicted molar refractivity (Wildman–Crippen MR) is 84.2 cm³/mol. The van der Waals surface area contributed by atoms with Gasteiger partial charge in [0.1, 0.15) is 4.21 Å². The Morgan fingerprint density at radius 1 is 1.39 bits per heavy atom. The van der Waals surface area contributed by atoms with Gasteiger partial charge >= 0.3 is 0 Å². The van der Waals surface area contributed by atoms with Gasteiger partial charge in [0.15, 0.2) is 0 Å². The third-order valence-electron chi connectivity index (χ3n) is 2.52. The molecular weight excluding hydrogens is 402 g/mol. The molecular formula is C11H17Br2NO2S2. The fourth-order valence-corrected chi connectivity index (χ4v) is 5.99. The van der Waals surface area contributed by atoms with Gasteiger partial charge < -0.3 is 0 Å². The van der Waals surface area contributed by atoms with E-state index in [1.807, 2.05) is 6.92 Å². The van der Waals surface area contributed by atoms with Crippen molar-refractivity contribution in [1.82, 2.24) is 4.31 Å². The van der Waals surface area contributed by atoms with E-state index >= 15 is 0 Å². The van der Waals surface area contributed by atoms with Gasteiger partial charge in [-0.25, -0.2) is 8.42 Å². The molecule has 0 aliphatic rings. The Labute approximate surface area is 130 Å². The molecule has 0 spiro atoms. The molecule has 0 bridgehead atoms. The van der Waals surface area contributed by atoms with E-state index in [0.717, 1.165) is 22.2 Å². The summed E-state index contributed by atoms with van der Waals surface area (Å²) in [6.07, 6.45) is 1.87. The number of aryl methyl sites for hydroxylation is 1. The predicted octanol–water partition coefficient (Wildman–Crippen LogP) is 4.00. The van der Waals surface area contributed by atoms with Crippen LogP contribution in [0.25, 0.3) is 0 Å². The second-order valence-corrected chi connectivity index (χ2v) is 9.30. The van der Waals surface area contributed by atoms with Crippen LogP contribution in [0.3, 0.4) is 0 Å². The van der Waals surface area contributed by atoms with Crippen LogP contribution < -0.4 is 0 Å². The highest BCUT2D eigenvalue weighted by atomic mass is 79.9. The molecule has 0 N–H and O–H groups in total. The zero-order valence-electron chi connectivity index (χ0n) is 10.4. The molecule has 0 aromatic carbocycles. The lowest BCUT2D eigenvalue weighted by molar-refractivity contribution is 0.423. The summed E-state index contributed by atoms with van der Waals surface area (Å²) in [6.45, 7) is 5.06. The first-order valence-electron chi connectivity index (χ1n) is 5.75. The van der Waals surface area contributed by atoms with E-state index in [0.29, 0.717) is 22.6 Å². The molecule has 0 saturated heterocycles. The summed E-state index contributed by atoms with van der Waals surface area (Å²) in [4.78, 5) is 0. The van der Waals surface area contributed by atoms with E-state index in [1.54, 1.807) is 10.4 Å². The first kappa shape index (κ1) is 16.6. The van der Waals surface area contributed by atoms with Crippen molar-refractivity contribution in [1.29, 1.82) is 0 Å². The van der Waals surface area contributed by atoms with Crippen LogP contribution in [0.5, 0.6) is 0 Å². The number of alkyl halides is 1. The number of halogens is 2. The molecule has 1 rings (SSSR count). The van der Waals surface area contributed by atoms with Crippen molar-refractivity contribution in [3.8, 4) is 0 Å². The third kappa shape index (κ3) is 4.03. The Balaban J connectivity index is 3.00. The third-order valence-corrected chi connectivity index (χ3v) is 7.36. The first-order valence-corrected chi connectivity index (χ1v) is 9.92. The molecule has 0 radical (unpaired) electrons. The summed E-state index contributed by atoms with van der Waals surface area (Å²) in [5.41, 5.74) is 0.966. The Bertz CT molecular complexity index is 466. The van der Waals surface area contributed by atoms with Crippen LogP contribution >= 0.6 is 43.2 Å². The van der Waals surface area contributed by atoms with Crippen LogP contribution in [-0.2, 0) is 10.0 Å². The highest BCUT2D eigenvalue weighted by molar-refractivity contribution is 9.11. The van der Waals surface area contributed by atoms with Crippen LogP contribution in [0, 0.1) is 6.92 Å². The number of sulfonamides is 1. The Morgan fingerprint density at radius 2 is 2.06 bits per heavy atom. The monoisotopic (exact) mass is 417 g/mol. The summed E-state index contributed by atoms with van der Waals surface area (Å²) >= 11 is 7.97. The number of hydrogen-bond acceptors (Lipinski definition) is 3. The van der Waals surface area contributed by atoms with E-state index in [9.17, 15) is 8.42 Å². The highest BCUT2D eigenvalue weighted by Crippen LogP contribution is 2.32. The molecule has 7 heteroatoms. The lowest BCUT2D eigenvalue weighted by Gasteiger charge is -2.19. The number of thiophene rings is 1. The van der Waals surface area contributed by atoms with Crippen LogP contribution in [0.15, 0.2) is 14.1 Å². The fraction of sp³-hybridized carbons (Fsp3) is 0.636. The molecule has 0 aliphatic heterocycles. The molecule has 0 saturated carbocycles. The average Bonchev–Trinajstić information content (AvgIpc) is 2.65. The molecule has 1 aromatic rings. The standard InChI is InChI=1S/C11H17Br2NO2S2/c1-3-4-6-14(7-5-12)18(15,16)10-8-9(2)11(13)17-10/h8H,3-7H2,1-2H3. The smallest absolute Gasteiger partial charge is 0.206 e. The van der Waals surface area contributed by atoms with Gasteiger partial charge in [0.25, 0.3) is 10.0 Å². The molecule has 0 unspecified atom stereocenters. The largest absolute Gasteiger partial charge is 0.252 e. The number of rotatable bonds is 7. The number of unbranched alkanes of at least 4 members (excludes halogenated alkanes) is 1. The van der Waals surface area contributed by atoms with E-state index in [4.69, 9.17) is 0 Å². The van der Waals surface area contributed by atoms with Gasteiger partial charge in [-0.05, 0) is 40.9 Å². The average molecular weight is 419 g/mol. The topological polar surface area (TPSA) is 37.4 Å². The van der Waals surface area contributed by atoms with Crippen molar-refractivity contribution in [3.05, 3.63) is 15.4 Å². The molecule has 1 aromatic heterocycles. The number of nitrogens with zero attached hydrogens (tertiary/aromatic N) is 1. The minimum atomic E-state index is -3.35.